The number of aliphatic hydroxyl groups excluding tert-OH is 1. The van der Waals surface area contributed by atoms with Crippen LogP contribution < -0.4 is 10.1 Å². The molecule has 0 saturated heterocycles. The highest BCUT2D eigenvalue weighted by Gasteiger charge is 2.21. The van der Waals surface area contributed by atoms with Gasteiger partial charge in [-0.05, 0) is 30.3 Å². The third kappa shape index (κ3) is 3.04. The molecule has 2 aromatic carbocycles. The normalized spacial score (nSPS) is 10.4. The third-order valence-electron chi connectivity index (χ3n) is 2.98. The first-order valence-electron chi connectivity index (χ1n) is 6.20. The van der Waals surface area contributed by atoms with Gasteiger partial charge in [0.2, 0.25) is 0 Å². The van der Waals surface area contributed by atoms with Crippen molar-refractivity contribution in [3.8, 4) is 5.75 Å². The fourth-order valence-electron chi connectivity index (χ4n) is 1.91. The van der Waals surface area contributed by atoms with Crippen LogP contribution in [-0.2, 0) is 6.61 Å². The Kier molecular flexibility index (Phi) is 4.67. The molecule has 2 N–H and O–H groups in total. The van der Waals surface area contributed by atoms with Gasteiger partial charge in [0.1, 0.15) is 17.1 Å². The van der Waals surface area contributed by atoms with Crippen molar-refractivity contribution in [1.29, 1.82) is 0 Å². The minimum atomic E-state index is -1.56. The van der Waals surface area contributed by atoms with E-state index < -0.39 is 28.9 Å². The summed E-state index contributed by atoms with van der Waals surface area (Å²) in [5, 5.41) is 11.4. The Labute approximate surface area is 124 Å². The number of nitrogens with one attached hydrogen (secondary N) is 1. The standard InChI is InChI=1S/C15H12F3NO3/c1-22-12-5-2-9(6-8(12)7-20)19-15(21)13-10(16)3-4-11(17)14(13)18/h2-6,20H,7H2,1H3,(H,19,21). The summed E-state index contributed by atoms with van der Waals surface area (Å²) in [5.74, 6) is -4.80. The zero-order valence-electron chi connectivity index (χ0n) is 11.5. The molecule has 0 fully saturated rings. The number of methoxy groups -OCH3 is 1. The maximum Gasteiger partial charge on any atom is 0.261 e. The molecule has 2 aromatic rings. The van der Waals surface area contributed by atoms with Gasteiger partial charge in [-0.25, -0.2) is 13.2 Å². The fraction of sp³-hybridized carbons (Fsp3) is 0.133. The zero-order chi connectivity index (χ0) is 16.3. The van der Waals surface area contributed by atoms with Crippen LogP contribution in [-0.4, -0.2) is 18.1 Å². The Bertz CT molecular complexity index is 719. The van der Waals surface area contributed by atoms with Gasteiger partial charge in [0.05, 0.1) is 13.7 Å². The van der Waals surface area contributed by atoms with E-state index in [0.29, 0.717) is 23.4 Å². The number of aliphatic hydroxyl groups is 1. The van der Waals surface area contributed by atoms with Crippen LogP contribution >= 0.6 is 0 Å². The molecule has 0 spiro atoms. The van der Waals surface area contributed by atoms with Crippen molar-refractivity contribution in [3.05, 3.63) is 58.9 Å². The fourth-order valence-corrected chi connectivity index (χ4v) is 1.91. The minimum Gasteiger partial charge on any atom is -0.496 e. The second-order valence-corrected chi connectivity index (χ2v) is 4.36. The van der Waals surface area contributed by atoms with Crippen molar-refractivity contribution >= 4 is 11.6 Å². The Morgan fingerprint density at radius 3 is 2.50 bits per heavy atom. The molecule has 2 rings (SSSR count). The smallest absolute Gasteiger partial charge is 0.261 e. The summed E-state index contributed by atoms with van der Waals surface area (Å²) in [4.78, 5) is 11.9. The molecular formula is C15H12F3NO3. The largest absolute Gasteiger partial charge is 0.496 e. The van der Waals surface area contributed by atoms with Crippen LogP contribution in [0.15, 0.2) is 30.3 Å². The lowest BCUT2D eigenvalue weighted by atomic mass is 10.1. The van der Waals surface area contributed by atoms with Crippen molar-refractivity contribution in [3.63, 3.8) is 0 Å². The summed E-state index contributed by atoms with van der Waals surface area (Å²) >= 11 is 0. The molecule has 0 radical (unpaired) electrons. The Morgan fingerprint density at radius 2 is 1.86 bits per heavy atom. The number of carbonyl (C=O) groups excluding carboxylic acids is 1. The molecule has 22 heavy (non-hydrogen) atoms. The quantitative estimate of drug-likeness (QED) is 0.854. The molecular weight excluding hydrogens is 299 g/mol. The molecule has 0 aliphatic heterocycles. The summed E-state index contributed by atoms with van der Waals surface area (Å²) in [7, 11) is 1.41. The van der Waals surface area contributed by atoms with Gasteiger partial charge in [-0.1, -0.05) is 0 Å². The van der Waals surface area contributed by atoms with Gasteiger partial charge in [-0.2, -0.15) is 0 Å². The molecule has 1 amide bonds. The van der Waals surface area contributed by atoms with Crippen LogP contribution in [0, 0.1) is 17.5 Å². The van der Waals surface area contributed by atoms with Crippen LogP contribution in [0.5, 0.6) is 5.75 Å². The van der Waals surface area contributed by atoms with Crippen LogP contribution in [0.1, 0.15) is 15.9 Å². The van der Waals surface area contributed by atoms with E-state index >= 15 is 0 Å². The van der Waals surface area contributed by atoms with Gasteiger partial charge >= 0.3 is 0 Å². The maximum absolute atomic E-state index is 13.5. The van der Waals surface area contributed by atoms with Crippen LogP contribution in [0.4, 0.5) is 18.9 Å². The van der Waals surface area contributed by atoms with Crippen molar-refractivity contribution < 1.29 is 27.8 Å². The van der Waals surface area contributed by atoms with Gasteiger partial charge < -0.3 is 15.2 Å². The lowest BCUT2D eigenvalue weighted by molar-refractivity contribution is 0.101. The molecule has 0 aliphatic rings. The molecule has 0 saturated carbocycles. The second-order valence-electron chi connectivity index (χ2n) is 4.36. The molecule has 0 aliphatic carbocycles. The summed E-state index contributed by atoms with van der Waals surface area (Å²) in [5.41, 5.74) is -0.459. The molecule has 0 aromatic heterocycles. The highest BCUT2D eigenvalue weighted by Crippen LogP contribution is 2.24. The zero-order valence-corrected chi connectivity index (χ0v) is 11.5. The first-order valence-corrected chi connectivity index (χ1v) is 6.20. The number of ether oxygens (including phenoxy) is 1. The van der Waals surface area contributed by atoms with Crippen molar-refractivity contribution in [1.82, 2.24) is 0 Å². The molecule has 7 heteroatoms. The summed E-state index contributed by atoms with van der Waals surface area (Å²) in [6.07, 6.45) is 0. The second kappa shape index (κ2) is 6.48. The summed E-state index contributed by atoms with van der Waals surface area (Å²) < 4.78 is 45.2. The van der Waals surface area contributed by atoms with E-state index in [-0.39, 0.29) is 12.3 Å². The first-order chi connectivity index (χ1) is 10.5. The van der Waals surface area contributed by atoms with Gasteiger partial charge in [-0.3, -0.25) is 4.79 Å². The molecule has 4 nitrogen and oxygen atoms in total. The van der Waals surface area contributed by atoms with Crippen molar-refractivity contribution in [2.75, 3.05) is 12.4 Å². The third-order valence-corrected chi connectivity index (χ3v) is 2.98. The highest BCUT2D eigenvalue weighted by molar-refractivity contribution is 6.04. The van der Waals surface area contributed by atoms with E-state index in [4.69, 9.17) is 4.74 Å². The molecule has 0 bridgehead atoms. The van der Waals surface area contributed by atoms with Crippen molar-refractivity contribution in [2.45, 2.75) is 6.61 Å². The summed E-state index contributed by atoms with van der Waals surface area (Å²) in [6.45, 7) is -0.352. The number of hydrogen-bond acceptors (Lipinski definition) is 3. The SMILES string of the molecule is COc1ccc(NC(=O)c2c(F)ccc(F)c2F)cc1CO. The van der Waals surface area contributed by atoms with E-state index in [9.17, 15) is 23.1 Å². The maximum atomic E-state index is 13.5. The summed E-state index contributed by atoms with van der Waals surface area (Å²) in [6, 6.07) is 5.54. The van der Waals surface area contributed by atoms with E-state index in [1.165, 1.54) is 25.3 Å². The Morgan fingerprint density at radius 1 is 1.18 bits per heavy atom. The van der Waals surface area contributed by atoms with E-state index in [0.717, 1.165) is 0 Å². The van der Waals surface area contributed by atoms with E-state index in [2.05, 4.69) is 5.32 Å². The number of hydrogen-bond donors (Lipinski definition) is 2. The van der Waals surface area contributed by atoms with Crippen LogP contribution in [0.2, 0.25) is 0 Å². The minimum absolute atomic E-state index is 0.179. The molecule has 116 valence electrons. The van der Waals surface area contributed by atoms with Gasteiger partial charge in [0.15, 0.2) is 11.6 Å². The molecule has 0 atom stereocenters. The number of anilines is 1. The van der Waals surface area contributed by atoms with Gasteiger partial charge in [0, 0.05) is 11.3 Å². The predicted molar refractivity (Wildman–Crippen MR) is 73.2 cm³/mol. The number of halogens is 3. The topological polar surface area (TPSA) is 58.6 Å². The lowest BCUT2D eigenvalue weighted by Gasteiger charge is -2.11. The average molecular weight is 311 g/mol. The van der Waals surface area contributed by atoms with Gasteiger partial charge in [0.25, 0.3) is 5.91 Å². The van der Waals surface area contributed by atoms with E-state index in [1.807, 2.05) is 0 Å². The van der Waals surface area contributed by atoms with E-state index in [1.54, 1.807) is 0 Å². The molecule has 0 heterocycles. The highest BCUT2D eigenvalue weighted by atomic mass is 19.2. The van der Waals surface area contributed by atoms with Crippen molar-refractivity contribution in [2.24, 2.45) is 0 Å². The van der Waals surface area contributed by atoms with Gasteiger partial charge in [-0.15, -0.1) is 0 Å². The predicted octanol–water partition coefficient (Wildman–Crippen LogP) is 2.86. The monoisotopic (exact) mass is 311 g/mol. The first kappa shape index (κ1) is 15.8. The Hall–Kier alpha value is -2.54. The number of amides is 1. The van der Waals surface area contributed by atoms with Crippen LogP contribution in [0.3, 0.4) is 0 Å². The van der Waals surface area contributed by atoms with Crippen LogP contribution in [0.25, 0.3) is 0 Å². The molecule has 0 unspecified atom stereocenters. The number of benzene rings is 2. The Balaban J connectivity index is 2.32. The number of carbonyl (C=O) groups is 1. The average Bonchev–Trinajstić information content (AvgIpc) is 2.51. The lowest BCUT2D eigenvalue weighted by Crippen LogP contribution is -2.17. The number of rotatable bonds is 4.